The van der Waals surface area contributed by atoms with Crippen LogP contribution in [0.3, 0.4) is 0 Å². The fourth-order valence-corrected chi connectivity index (χ4v) is 5.62. The molecule has 1 aliphatic carbocycles. The Bertz CT molecular complexity index is 562. The Morgan fingerprint density at radius 1 is 1.00 bits per heavy atom. The predicted octanol–water partition coefficient (Wildman–Crippen LogP) is 6.85. The molecule has 0 spiro atoms. The number of rotatable bonds is 24. The van der Waals surface area contributed by atoms with E-state index >= 15 is 0 Å². The summed E-state index contributed by atoms with van der Waals surface area (Å²) in [6, 6.07) is 0. The van der Waals surface area contributed by atoms with E-state index in [1.807, 2.05) is 0 Å². The summed E-state index contributed by atoms with van der Waals surface area (Å²) in [6.45, 7) is 4.49. The minimum absolute atomic E-state index is 0.0254. The first-order valence-corrected chi connectivity index (χ1v) is 16.1. The van der Waals surface area contributed by atoms with Gasteiger partial charge in [-0.3, -0.25) is 4.57 Å². The molecule has 1 rings (SSSR count). The van der Waals surface area contributed by atoms with Crippen molar-refractivity contribution in [3.05, 3.63) is 0 Å². The first-order chi connectivity index (χ1) is 17.4. The van der Waals surface area contributed by atoms with E-state index in [1.165, 1.54) is 75.7 Å². The molecule has 1 aliphatic rings. The monoisotopic (exact) mass is 550 g/mol. The van der Waals surface area contributed by atoms with Crippen LogP contribution in [-0.2, 0) is 23.6 Å². The van der Waals surface area contributed by atoms with Crippen molar-refractivity contribution in [2.45, 2.75) is 134 Å². The van der Waals surface area contributed by atoms with Gasteiger partial charge in [-0.1, -0.05) is 64.7 Å². The van der Waals surface area contributed by atoms with Gasteiger partial charge in [-0.15, -0.1) is 0 Å². The van der Waals surface area contributed by atoms with Crippen LogP contribution >= 0.6 is 20.2 Å². The molecule has 0 heterocycles. The van der Waals surface area contributed by atoms with Crippen LogP contribution in [0.1, 0.15) is 110 Å². The number of thioether (sulfide) groups is 1. The summed E-state index contributed by atoms with van der Waals surface area (Å²) in [6.07, 6.45) is 18.3. The molecule has 1 saturated carbocycles. The van der Waals surface area contributed by atoms with Gasteiger partial charge in [0.05, 0.1) is 24.9 Å². The molecule has 0 aliphatic heterocycles. The van der Waals surface area contributed by atoms with Crippen molar-refractivity contribution in [3.63, 3.8) is 0 Å². The van der Waals surface area contributed by atoms with E-state index < -0.39 is 26.4 Å². The highest BCUT2D eigenvalue weighted by atomic mass is 32.2. The number of unbranched alkanes of at least 4 members (excludes halogenated alkanes) is 6. The highest BCUT2D eigenvalue weighted by Gasteiger charge is 2.37. The maximum atomic E-state index is 10.9. The molecular weight excluding hydrogens is 499 g/mol. The lowest BCUT2D eigenvalue weighted by Crippen LogP contribution is -2.37. The molecule has 0 bridgehead atoms. The number of carboxylic acid groups (broad SMARTS) is 1. The lowest BCUT2D eigenvalue weighted by Gasteiger charge is -2.31. The summed E-state index contributed by atoms with van der Waals surface area (Å²) in [5, 5.41) is 16.2. The predicted molar refractivity (Wildman–Crippen MR) is 147 cm³/mol. The Balaban J connectivity index is 2.26. The maximum absolute atomic E-state index is 10.9. The highest BCUT2D eigenvalue weighted by Crippen LogP contribution is 2.25. The van der Waals surface area contributed by atoms with Crippen LogP contribution < -0.4 is 0 Å². The number of aliphatic carboxylic acids is 1. The van der Waals surface area contributed by atoms with E-state index in [2.05, 4.69) is 25.6 Å². The van der Waals surface area contributed by atoms with Crippen molar-refractivity contribution >= 4 is 26.2 Å². The summed E-state index contributed by atoms with van der Waals surface area (Å²) < 4.78 is 28.7. The van der Waals surface area contributed by atoms with Crippen LogP contribution in [0.15, 0.2) is 0 Å². The summed E-state index contributed by atoms with van der Waals surface area (Å²) in [7, 11) is -0.881. The zero-order valence-electron chi connectivity index (χ0n) is 22.7. The summed E-state index contributed by atoms with van der Waals surface area (Å²) in [5.74, 6) is 1.04. The van der Waals surface area contributed by atoms with Crippen molar-refractivity contribution < 1.29 is 33.8 Å². The lowest BCUT2D eigenvalue weighted by molar-refractivity contribution is -0.154. The molecule has 7 nitrogen and oxygen atoms in total. The van der Waals surface area contributed by atoms with E-state index in [9.17, 15) is 14.5 Å². The molecule has 1 fully saturated rings. The zero-order valence-corrected chi connectivity index (χ0v) is 24.4. The third-order valence-electron chi connectivity index (χ3n) is 6.72. The van der Waals surface area contributed by atoms with Crippen LogP contribution in [0.2, 0.25) is 0 Å². The topological polar surface area (TPSA) is 102 Å². The van der Waals surface area contributed by atoms with Gasteiger partial charge in [-0.2, -0.15) is 11.8 Å². The number of ether oxygens (including phenoxy) is 3. The quantitative estimate of drug-likeness (QED) is 0.0994. The molecule has 0 saturated heterocycles. The zero-order chi connectivity index (χ0) is 26.5. The van der Waals surface area contributed by atoms with Crippen molar-refractivity contribution in [1.29, 1.82) is 0 Å². The van der Waals surface area contributed by atoms with Crippen molar-refractivity contribution in [1.82, 2.24) is 0 Å². The number of hydrogen-bond acceptors (Lipinski definition) is 7. The fraction of sp³-hybridized carbons (Fsp3) is 0.963. The summed E-state index contributed by atoms with van der Waals surface area (Å²) in [5.41, 5.74) is 0. The Kier molecular flexibility index (Phi) is 20.3. The number of carbonyl (C=O) groups is 1. The van der Waals surface area contributed by atoms with Crippen LogP contribution in [0.25, 0.3) is 0 Å². The largest absolute Gasteiger partial charge is 0.478 e. The van der Waals surface area contributed by atoms with E-state index in [1.54, 1.807) is 0 Å². The summed E-state index contributed by atoms with van der Waals surface area (Å²) >= 11 is 2.10. The SMILES string of the molecule is CCCCCSCCCCCCCC(OC1CCCCC1)C(C)OCCCOCC(O)(P=O)C(=O)O. The van der Waals surface area contributed by atoms with E-state index in [-0.39, 0.29) is 18.8 Å². The number of carboxylic acids is 1. The molecule has 2 N–H and O–H groups in total. The van der Waals surface area contributed by atoms with Gasteiger partial charge < -0.3 is 24.4 Å². The molecule has 0 aromatic carbocycles. The van der Waals surface area contributed by atoms with E-state index in [0.717, 1.165) is 25.7 Å². The van der Waals surface area contributed by atoms with Crippen LogP contribution in [0, 0.1) is 0 Å². The van der Waals surface area contributed by atoms with Gasteiger partial charge in [-0.05, 0) is 57.0 Å². The number of hydrogen-bond donors (Lipinski definition) is 2. The van der Waals surface area contributed by atoms with Gasteiger partial charge in [0.25, 0.3) is 5.34 Å². The van der Waals surface area contributed by atoms with Crippen LogP contribution in [0.4, 0.5) is 0 Å². The van der Waals surface area contributed by atoms with E-state index in [4.69, 9.17) is 19.3 Å². The second-order valence-corrected chi connectivity index (χ2v) is 12.2. The van der Waals surface area contributed by atoms with Gasteiger partial charge in [0, 0.05) is 13.2 Å². The van der Waals surface area contributed by atoms with Crippen molar-refractivity contribution in [2.75, 3.05) is 31.3 Å². The minimum Gasteiger partial charge on any atom is -0.478 e. The Morgan fingerprint density at radius 2 is 1.67 bits per heavy atom. The fourth-order valence-electron chi connectivity index (χ4n) is 4.38. The van der Waals surface area contributed by atoms with Gasteiger partial charge in [0.15, 0.2) is 0 Å². The molecule has 0 aromatic rings. The molecule has 9 heteroatoms. The minimum atomic E-state index is -2.39. The standard InChI is InChI=1S/C27H51O7PS/c1-3-4-12-20-36-21-13-7-5-6-11-17-25(34-24-15-9-8-10-16-24)23(2)33-19-14-18-32-22-27(30,35-31)26(28)29/h23-25,30H,3-22H2,1-2H3,(H,28,29). The molecule has 0 radical (unpaired) electrons. The Hall–Kier alpha value is -0.240. The van der Waals surface area contributed by atoms with Gasteiger partial charge in [-0.25, -0.2) is 4.79 Å². The molecule has 0 amide bonds. The molecule has 212 valence electrons. The smallest absolute Gasteiger partial charge is 0.350 e. The average Bonchev–Trinajstić information content (AvgIpc) is 2.88. The van der Waals surface area contributed by atoms with E-state index in [0.29, 0.717) is 19.1 Å². The van der Waals surface area contributed by atoms with Gasteiger partial charge in [0.2, 0.25) is 8.46 Å². The maximum Gasteiger partial charge on any atom is 0.350 e. The average molecular weight is 551 g/mol. The molecule has 3 atom stereocenters. The lowest BCUT2D eigenvalue weighted by atomic mass is 9.97. The second-order valence-electron chi connectivity index (χ2n) is 10.0. The first-order valence-electron chi connectivity index (χ1n) is 14.2. The third-order valence-corrected chi connectivity index (χ3v) is 8.50. The molecule has 3 unspecified atom stereocenters. The van der Waals surface area contributed by atoms with Crippen molar-refractivity contribution in [3.8, 4) is 0 Å². The normalized spacial score (nSPS) is 18.2. The number of aliphatic hydroxyl groups is 1. The Morgan fingerprint density at radius 3 is 2.33 bits per heavy atom. The second kappa shape index (κ2) is 21.7. The molecule has 36 heavy (non-hydrogen) atoms. The summed E-state index contributed by atoms with van der Waals surface area (Å²) in [4.78, 5) is 10.9. The van der Waals surface area contributed by atoms with Crippen LogP contribution in [0.5, 0.6) is 0 Å². The van der Waals surface area contributed by atoms with Gasteiger partial charge in [0.1, 0.15) is 0 Å². The van der Waals surface area contributed by atoms with Gasteiger partial charge >= 0.3 is 5.97 Å². The molecule has 0 aromatic heterocycles. The van der Waals surface area contributed by atoms with Crippen LogP contribution in [-0.4, -0.2) is 71.2 Å². The third kappa shape index (κ3) is 15.9. The Labute approximate surface area is 225 Å². The first kappa shape index (κ1) is 33.8. The highest BCUT2D eigenvalue weighted by molar-refractivity contribution is 7.99. The molecular formula is C27H51O7PS. The van der Waals surface area contributed by atoms with Crippen molar-refractivity contribution in [2.24, 2.45) is 0 Å².